The minimum Gasteiger partial charge on any atom is -0.426 e. The molecule has 1 atom stereocenters. The Hall–Kier alpha value is -4.75. The van der Waals surface area contributed by atoms with Gasteiger partial charge in [-0.15, -0.1) is 10.1 Å². The van der Waals surface area contributed by atoms with Crippen molar-refractivity contribution in [3.63, 3.8) is 0 Å². The van der Waals surface area contributed by atoms with Crippen molar-refractivity contribution in [2.24, 2.45) is 0 Å². The average Bonchev–Trinajstić information content (AvgIpc) is 2.77. The van der Waals surface area contributed by atoms with Crippen LogP contribution in [0.25, 0.3) is 0 Å². The lowest BCUT2D eigenvalue weighted by Gasteiger charge is -2.10. The van der Waals surface area contributed by atoms with E-state index in [9.17, 15) is 29.4 Å². The first-order valence-corrected chi connectivity index (χ1v) is 9.46. The van der Waals surface area contributed by atoms with Crippen molar-refractivity contribution in [3.05, 3.63) is 80.2 Å². The number of benzene rings is 2. The third kappa shape index (κ3) is 8.41. The summed E-state index contributed by atoms with van der Waals surface area (Å²) in [6.07, 6.45) is -1.25. The number of para-hydroxylation sites is 1. The number of carbonyl (C=O) groups is 3. The Balaban J connectivity index is 1.90. The van der Waals surface area contributed by atoms with Gasteiger partial charge in [0.05, 0.1) is 5.56 Å². The van der Waals surface area contributed by atoms with Crippen LogP contribution in [0.5, 0.6) is 5.75 Å². The number of nitrogens with zero attached hydrogens (tertiary/aromatic N) is 2. The molecule has 0 aliphatic carbocycles. The van der Waals surface area contributed by atoms with Gasteiger partial charge in [0.2, 0.25) is 12.9 Å². The summed E-state index contributed by atoms with van der Waals surface area (Å²) >= 11 is 0. The van der Waals surface area contributed by atoms with Gasteiger partial charge in [-0.05, 0) is 29.8 Å². The average molecular weight is 479 g/mol. The van der Waals surface area contributed by atoms with Crippen molar-refractivity contribution in [2.75, 3.05) is 13.4 Å². The highest BCUT2D eigenvalue weighted by molar-refractivity contribution is 5.93. The van der Waals surface area contributed by atoms with E-state index in [1.54, 1.807) is 6.07 Å². The first-order chi connectivity index (χ1) is 16.2. The van der Waals surface area contributed by atoms with E-state index in [2.05, 4.69) is 9.68 Å². The molecule has 0 saturated heterocycles. The van der Waals surface area contributed by atoms with Gasteiger partial charge >= 0.3 is 23.0 Å². The van der Waals surface area contributed by atoms with E-state index in [0.717, 1.165) is 0 Å². The Morgan fingerprint density at radius 1 is 1.00 bits per heavy atom. The van der Waals surface area contributed by atoms with E-state index in [0.29, 0.717) is 5.56 Å². The first kappa shape index (κ1) is 25.5. The van der Waals surface area contributed by atoms with Crippen molar-refractivity contribution >= 4 is 17.9 Å². The number of ether oxygens (including phenoxy) is 3. The van der Waals surface area contributed by atoms with Gasteiger partial charge in [-0.2, -0.15) is 4.84 Å². The molecule has 0 fully saturated rings. The lowest BCUT2D eigenvalue weighted by atomic mass is 10.1. The monoisotopic (exact) mass is 479 g/mol. The Kier molecular flexibility index (Phi) is 9.25. The Labute approximate surface area is 191 Å². The van der Waals surface area contributed by atoms with Gasteiger partial charge in [-0.25, -0.2) is 14.8 Å². The SMILES string of the molecule is CC(=O)Oc1ccccc1C(=O)OCOC(=O)c1ccc(CC(CO[N+](=O)[O-])O[N+](=O)O)cc1. The minimum absolute atomic E-state index is 0.00546. The molecule has 34 heavy (non-hydrogen) atoms. The zero-order chi connectivity index (χ0) is 25.1. The van der Waals surface area contributed by atoms with Crippen LogP contribution in [0.2, 0.25) is 0 Å². The van der Waals surface area contributed by atoms with Crippen molar-refractivity contribution in [3.8, 4) is 5.75 Å². The molecule has 0 amide bonds. The fraction of sp³-hybridized carbons (Fsp3) is 0.250. The first-order valence-electron chi connectivity index (χ1n) is 9.46. The van der Waals surface area contributed by atoms with Crippen molar-refractivity contribution in [2.45, 2.75) is 19.4 Å². The van der Waals surface area contributed by atoms with Crippen LogP contribution in [0.4, 0.5) is 0 Å². The quantitative estimate of drug-likeness (QED) is 0.153. The number of hydrogen-bond donors (Lipinski definition) is 1. The maximum Gasteiger partial charge on any atom is 0.475 e. The summed E-state index contributed by atoms with van der Waals surface area (Å²) in [5.41, 5.74) is 0.547. The fourth-order valence-electron chi connectivity index (χ4n) is 2.61. The van der Waals surface area contributed by atoms with Crippen molar-refractivity contribution < 1.29 is 53.6 Å². The minimum atomic E-state index is -1.18. The number of hydrogen-bond acceptors (Lipinski definition) is 11. The summed E-state index contributed by atoms with van der Waals surface area (Å²) in [7, 11) is 0. The second-order valence-corrected chi connectivity index (χ2v) is 6.46. The Bertz CT molecular complexity index is 1050. The summed E-state index contributed by atoms with van der Waals surface area (Å²) < 4.78 is 14.7. The highest BCUT2D eigenvalue weighted by Gasteiger charge is 2.23. The molecule has 0 heterocycles. The van der Waals surface area contributed by atoms with Crippen LogP contribution in [-0.4, -0.2) is 52.8 Å². The molecule has 2 aromatic rings. The van der Waals surface area contributed by atoms with Crippen LogP contribution in [0.1, 0.15) is 33.2 Å². The smallest absolute Gasteiger partial charge is 0.426 e. The van der Waals surface area contributed by atoms with E-state index in [1.165, 1.54) is 49.4 Å². The molecule has 14 heteroatoms. The van der Waals surface area contributed by atoms with Crippen LogP contribution < -0.4 is 4.74 Å². The molecule has 180 valence electrons. The van der Waals surface area contributed by atoms with Gasteiger partial charge in [0.15, 0.2) is 0 Å². The molecule has 0 spiro atoms. The molecule has 14 nitrogen and oxygen atoms in total. The summed E-state index contributed by atoms with van der Waals surface area (Å²) in [5, 5.41) is 17.0. The number of carbonyl (C=O) groups excluding carboxylic acids is 3. The molecule has 2 rings (SSSR count). The molecule has 0 saturated carbocycles. The summed E-state index contributed by atoms with van der Waals surface area (Å²) in [5.74, 6) is -2.33. The lowest BCUT2D eigenvalue weighted by Crippen LogP contribution is -2.27. The summed E-state index contributed by atoms with van der Waals surface area (Å²) in [4.78, 5) is 65.0. The van der Waals surface area contributed by atoms with Gasteiger partial charge in [-0.1, -0.05) is 24.3 Å². The molecular weight excluding hydrogens is 460 g/mol. The molecule has 0 aliphatic heterocycles. The van der Waals surface area contributed by atoms with E-state index in [4.69, 9.17) is 19.4 Å². The molecular formula is C20H19N2O12+. The predicted molar refractivity (Wildman–Crippen MR) is 107 cm³/mol. The largest absolute Gasteiger partial charge is 0.475 e. The standard InChI is InChI=1S/C20H19N2O12/c1-13(23)33-18-5-3-2-4-17(18)20(25)31-12-30-19(24)15-8-6-14(7-9-15)10-16(34-22(28)29)11-32-21(26)27/h2-9,16H,10-12H2,1H3,(H,28,29)/q+1. The van der Waals surface area contributed by atoms with E-state index in [-0.39, 0.29) is 23.3 Å². The third-order valence-corrected chi connectivity index (χ3v) is 4.00. The second-order valence-electron chi connectivity index (χ2n) is 6.46. The zero-order valence-corrected chi connectivity index (χ0v) is 17.6. The molecule has 0 radical (unpaired) electrons. The van der Waals surface area contributed by atoms with Crippen molar-refractivity contribution in [1.29, 1.82) is 0 Å². The van der Waals surface area contributed by atoms with Crippen LogP contribution in [-0.2, 0) is 30.4 Å². The number of rotatable bonds is 12. The van der Waals surface area contributed by atoms with Crippen LogP contribution >= 0.6 is 0 Å². The van der Waals surface area contributed by atoms with Crippen LogP contribution in [0.3, 0.4) is 0 Å². The zero-order valence-electron chi connectivity index (χ0n) is 17.6. The Morgan fingerprint density at radius 3 is 2.26 bits per heavy atom. The lowest BCUT2D eigenvalue weighted by molar-refractivity contribution is -0.982. The van der Waals surface area contributed by atoms with Crippen LogP contribution in [0, 0.1) is 15.0 Å². The molecule has 1 unspecified atom stereocenters. The van der Waals surface area contributed by atoms with E-state index < -0.39 is 47.6 Å². The maximum atomic E-state index is 12.2. The molecule has 0 aliphatic rings. The molecule has 1 N–H and O–H groups in total. The van der Waals surface area contributed by atoms with Gasteiger partial charge in [0, 0.05) is 13.3 Å². The van der Waals surface area contributed by atoms with Crippen molar-refractivity contribution in [1.82, 2.24) is 0 Å². The topological polar surface area (TPSA) is 181 Å². The third-order valence-electron chi connectivity index (χ3n) is 4.00. The fourth-order valence-corrected chi connectivity index (χ4v) is 2.61. The predicted octanol–water partition coefficient (Wildman–Crippen LogP) is 1.80. The molecule has 0 bridgehead atoms. The molecule has 0 aromatic heterocycles. The normalized spacial score (nSPS) is 11.0. The molecule has 2 aromatic carbocycles. The maximum absolute atomic E-state index is 12.2. The number of esters is 3. The van der Waals surface area contributed by atoms with Gasteiger partial charge in [0.1, 0.15) is 22.8 Å². The summed E-state index contributed by atoms with van der Waals surface area (Å²) in [6, 6.07) is 11.5. The highest BCUT2D eigenvalue weighted by Crippen LogP contribution is 2.19. The van der Waals surface area contributed by atoms with Gasteiger partial charge in [-0.3, -0.25) is 4.79 Å². The van der Waals surface area contributed by atoms with Crippen LogP contribution in [0.15, 0.2) is 48.5 Å². The summed E-state index contributed by atoms with van der Waals surface area (Å²) in [6.45, 7) is -0.159. The Morgan fingerprint density at radius 2 is 1.65 bits per heavy atom. The second kappa shape index (κ2) is 12.3. The van der Waals surface area contributed by atoms with Gasteiger partial charge < -0.3 is 19.0 Å². The van der Waals surface area contributed by atoms with E-state index in [1.807, 2.05) is 0 Å². The highest BCUT2D eigenvalue weighted by atomic mass is 17.0. The van der Waals surface area contributed by atoms with E-state index >= 15 is 0 Å². The van der Waals surface area contributed by atoms with Gasteiger partial charge in [0.25, 0.3) is 5.09 Å².